The Morgan fingerprint density at radius 3 is 1.70 bits per heavy atom. The number of hydrogen-bond acceptors (Lipinski definition) is 6. The number of hydrogen-bond donors (Lipinski definition) is 0. The number of rotatable bonds is 6. The van der Waals surface area contributed by atoms with Crippen LogP contribution in [-0.2, 0) is 19.1 Å². The quantitative estimate of drug-likeness (QED) is 0.325. The second kappa shape index (κ2) is 8.62. The number of carbonyl (C=O) groups is 2. The van der Waals surface area contributed by atoms with Gasteiger partial charge in [0.2, 0.25) is 0 Å². The van der Waals surface area contributed by atoms with E-state index in [1.165, 1.54) is 23.5 Å². The van der Waals surface area contributed by atoms with E-state index in [0.717, 1.165) is 15.7 Å². The number of thioether (sulfide) groups is 2. The molecule has 114 valence electrons. The average molecular weight is 318 g/mol. The largest absolute Gasteiger partial charge is 0.462 e. The molecule has 0 N–H and O–H groups in total. The maximum Gasteiger partial charge on any atom is 0.347 e. The molecular weight excluding hydrogens is 296 g/mol. The first-order chi connectivity index (χ1) is 9.41. The fourth-order valence-electron chi connectivity index (χ4n) is 1.33. The van der Waals surface area contributed by atoms with Gasteiger partial charge in [-0.1, -0.05) is 27.7 Å². The molecule has 6 heteroatoms. The van der Waals surface area contributed by atoms with E-state index < -0.39 is 11.9 Å². The summed E-state index contributed by atoms with van der Waals surface area (Å²) in [6, 6.07) is 0. The summed E-state index contributed by atoms with van der Waals surface area (Å²) in [6.45, 7) is 8.43. The molecule has 0 unspecified atom stereocenters. The van der Waals surface area contributed by atoms with Gasteiger partial charge in [0.05, 0.1) is 17.5 Å². The second-order valence-electron chi connectivity index (χ2n) is 5.34. The molecule has 0 aromatic carbocycles. The van der Waals surface area contributed by atoms with E-state index in [2.05, 4.69) is 0 Å². The molecule has 0 bridgehead atoms. The summed E-state index contributed by atoms with van der Waals surface area (Å²) in [5.41, 5.74) is 0.0683. The van der Waals surface area contributed by atoms with Gasteiger partial charge in [-0.3, -0.25) is 0 Å². The lowest BCUT2D eigenvalue weighted by Gasteiger charge is -2.12. The summed E-state index contributed by atoms with van der Waals surface area (Å²) >= 11 is 3.03. The van der Waals surface area contributed by atoms with Crippen molar-refractivity contribution in [2.75, 3.05) is 24.7 Å². The summed E-state index contributed by atoms with van der Waals surface area (Å²) in [5, 5.41) is 0. The minimum Gasteiger partial charge on any atom is -0.462 e. The lowest BCUT2D eigenvalue weighted by molar-refractivity contribution is -0.148. The Kier molecular flexibility index (Phi) is 7.51. The topological polar surface area (TPSA) is 52.6 Å². The lowest BCUT2D eigenvalue weighted by Crippen LogP contribution is -2.22. The van der Waals surface area contributed by atoms with Crippen LogP contribution >= 0.6 is 23.5 Å². The van der Waals surface area contributed by atoms with Crippen molar-refractivity contribution in [3.8, 4) is 0 Å². The zero-order chi connectivity index (χ0) is 15.1. The highest BCUT2D eigenvalue weighted by Gasteiger charge is 2.29. The van der Waals surface area contributed by atoms with Crippen molar-refractivity contribution in [2.45, 2.75) is 27.7 Å². The van der Waals surface area contributed by atoms with E-state index in [0.29, 0.717) is 13.2 Å². The van der Waals surface area contributed by atoms with Crippen LogP contribution in [0.25, 0.3) is 0 Å². The van der Waals surface area contributed by atoms with Gasteiger partial charge in [0.15, 0.2) is 5.57 Å². The number of esters is 2. The third-order valence-electron chi connectivity index (χ3n) is 2.26. The number of ether oxygens (including phenoxy) is 2. The Morgan fingerprint density at radius 1 is 0.950 bits per heavy atom. The molecule has 0 aromatic heterocycles. The van der Waals surface area contributed by atoms with Gasteiger partial charge in [-0.25, -0.2) is 9.59 Å². The smallest absolute Gasteiger partial charge is 0.347 e. The molecule has 0 spiro atoms. The van der Waals surface area contributed by atoms with Gasteiger partial charge in [-0.2, -0.15) is 0 Å². The molecule has 20 heavy (non-hydrogen) atoms. The van der Waals surface area contributed by atoms with E-state index in [-0.39, 0.29) is 17.4 Å². The first-order valence-corrected chi connectivity index (χ1v) is 8.73. The number of carbonyl (C=O) groups excluding carboxylic acids is 2. The second-order valence-corrected chi connectivity index (χ2v) is 7.81. The predicted molar refractivity (Wildman–Crippen MR) is 83.5 cm³/mol. The van der Waals surface area contributed by atoms with Crippen LogP contribution in [0.4, 0.5) is 0 Å². The van der Waals surface area contributed by atoms with Crippen molar-refractivity contribution in [3.05, 3.63) is 9.81 Å². The highest BCUT2D eigenvalue weighted by Crippen LogP contribution is 2.39. The monoisotopic (exact) mass is 318 g/mol. The van der Waals surface area contributed by atoms with Crippen LogP contribution in [0.2, 0.25) is 0 Å². The molecule has 4 nitrogen and oxygen atoms in total. The fraction of sp³-hybridized carbons (Fsp3) is 0.714. The van der Waals surface area contributed by atoms with Crippen molar-refractivity contribution in [3.63, 3.8) is 0 Å². The van der Waals surface area contributed by atoms with Gasteiger partial charge in [-0.05, 0) is 11.8 Å². The van der Waals surface area contributed by atoms with Crippen LogP contribution in [0, 0.1) is 11.8 Å². The molecule has 0 atom stereocenters. The zero-order valence-electron chi connectivity index (χ0n) is 12.4. The van der Waals surface area contributed by atoms with E-state index in [1.54, 1.807) is 0 Å². The van der Waals surface area contributed by atoms with Gasteiger partial charge in [0.1, 0.15) is 0 Å². The van der Waals surface area contributed by atoms with E-state index in [4.69, 9.17) is 9.47 Å². The normalized spacial score (nSPS) is 14.8. The molecule has 0 radical (unpaired) electrons. The maximum atomic E-state index is 12.1. The van der Waals surface area contributed by atoms with E-state index >= 15 is 0 Å². The molecule has 1 heterocycles. The van der Waals surface area contributed by atoms with E-state index in [9.17, 15) is 9.59 Å². The zero-order valence-corrected chi connectivity index (χ0v) is 14.1. The van der Waals surface area contributed by atoms with Crippen LogP contribution in [0.1, 0.15) is 27.7 Å². The summed E-state index contributed by atoms with van der Waals surface area (Å²) in [7, 11) is 0. The van der Waals surface area contributed by atoms with Gasteiger partial charge in [-0.15, -0.1) is 23.5 Å². The first-order valence-electron chi connectivity index (χ1n) is 6.76. The van der Waals surface area contributed by atoms with Crippen molar-refractivity contribution < 1.29 is 19.1 Å². The first kappa shape index (κ1) is 17.4. The molecule has 1 rings (SSSR count). The van der Waals surface area contributed by atoms with Crippen molar-refractivity contribution in [1.82, 2.24) is 0 Å². The van der Waals surface area contributed by atoms with Crippen molar-refractivity contribution >= 4 is 35.5 Å². The predicted octanol–water partition coefficient (Wildman–Crippen LogP) is 3.08. The Morgan fingerprint density at radius 2 is 1.35 bits per heavy atom. The maximum absolute atomic E-state index is 12.1. The molecule has 1 fully saturated rings. The van der Waals surface area contributed by atoms with Crippen molar-refractivity contribution in [2.24, 2.45) is 11.8 Å². The molecule has 0 aliphatic carbocycles. The van der Waals surface area contributed by atoms with Crippen molar-refractivity contribution in [1.29, 1.82) is 0 Å². The highest BCUT2D eigenvalue weighted by molar-refractivity contribution is 8.25. The Hall–Kier alpha value is -0.620. The average Bonchev–Trinajstić information content (AvgIpc) is 2.87. The van der Waals surface area contributed by atoms with Crippen LogP contribution in [0.3, 0.4) is 0 Å². The molecule has 0 aromatic rings. The van der Waals surface area contributed by atoms with Crippen LogP contribution < -0.4 is 0 Å². The SMILES string of the molecule is CC(C)COC(=O)C(C(=O)OCC(C)C)=C1SCCS1. The lowest BCUT2D eigenvalue weighted by atomic mass is 10.2. The standard InChI is InChI=1S/C14H22O4S2/c1-9(2)7-17-12(15)11(14-19-5-6-20-14)13(16)18-8-10(3)4/h9-10H,5-8H2,1-4H3. The van der Waals surface area contributed by atoms with Crippen LogP contribution in [-0.4, -0.2) is 36.7 Å². The summed E-state index contributed by atoms with van der Waals surface area (Å²) < 4.78 is 11.1. The molecule has 0 amide bonds. The molecule has 1 aliphatic rings. The fourth-order valence-corrected chi connectivity index (χ4v) is 3.83. The molecule has 0 saturated carbocycles. The van der Waals surface area contributed by atoms with Gasteiger partial charge in [0, 0.05) is 11.5 Å². The van der Waals surface area contributed by atoms with Crippen LogP contribution in [0.15, 0.2) is 9.81 Å². The third-order valence-corrected chi connectivity index (χ3v) is 4.97. The molecule has 1 saturated heterocycles. The minimum absolute atomic E-state index is 0.0683. The minimum atomic E-state index is -0.565. The summed E-state index contributed by atoms with van der Waals surface area (Å²) in [5.74, 6) is 1.15. The Bertz CT molecular complexity index is 355. The van der Waals surface area contributed by atoms with Crippen LogP contribution in [0.5, 0.6) is 0 Å². The third kappa shape index (κ3) is 5.79. The molecule has 1 aliphatic heterocycles. The van der Waals surface area contributed by atoms with Gasteiger partial charge >= 0.3 is 11.9 Å². The highest BCUT2D eigenvalue weighted by atomic mass is 32.2. The van der Waals surface area contributed by atoms with Gasteiger partial charge < -0.3 is 9.47 Å². The Balaban J connectivity index is 2.78. The Labute approximate surface area is 129 Å². The summed E-state index contributed by atoms with van der Waals surface area (Å²) in [6.07, 6.45) is 0. The molecular formula is C14H22O4S2. The summed E-state index contributed by atoms with van der Waals surface area (Å²) in [4.78, 5) is 24.2. The van der Waals surface area contributed by atoms with Gasteiger partial charge in [0.25, 0.3) is 0 Å². The van der Waals surface area contributed by atoms with E-state index in [1.807, 2.05) is 27.7 Å².